The van der Waals surface area contributed by atoms with Crippen LogP contribution in [0, 0.1) is 5.92 Å². The molecule has 0 unspecified atom stereocenters. The van der Waals surface area contributed by atoms with Gasteiger partial charge >= 0.3 is 17.9 Å². The second-order valence-electron chi connectivity index (χ2n) is 7.29. The summed E-state index contributed by atoms with van der Waals surface area (Å²) in [6.07, 6.45) is -1.57. The molecule has 2 fully saturated rings. The van der Waals surface area contributed by atoms with E-state index in [2.05, 4.69) is 0 Å². The van der Waals surface area contributed by atoms with Gasteiger partial charge in [-0.15, -0.1) is 0 Å². The molecule has 4 rings (SSSR count). The van der Waals surface area contributed by atoms with E-state index in [4.69, 9.17) is 19.0 Å². The molecule has 0 aromatic heterocycles. The lowest BCUT2D eigenvalue weighted by atomic mass is 9.94. The molecule has 2 aromatic carbocycles. The van der Waals surface area contributed by atoms with E-state index in [1.54, 1.807) is 37.3 Å². The van der Waals surface area contributed by atoms with Crippen molar-refractivity contribution in [2.45, 2.75) is 31.7 Å². The van der Waals surface area contributed by atoms with Crippen LogP contribution in [0.25, 0.3) is 0 Å². The summed E-state index contributed by atoms with van der Waals surface area (Å²) in [5.41, 5.74) is 1.31. The Balaban J connectivity index is 1.49. The van der Waals surface area contributed by atoms with Crippen LogP contribution in [0.4, 0.5) is 0 Å². The zero-order valence-corrected chi connectivity index (χ0v) is 17.0. The average Bonchev–Trinajstić information content (AvgIpc) is 3.30. The number of fused-ring (bicyclic) bond motifs is 1. The number of ether oxygens (including phenoxy) is 3. The Labute approximate surface area is 179 Å². The topological polar surface area (TPSA) is 91.4 Å². The normalized spacial score (nSPS) is 25.0. The molecule has 2 aliphatic heterocycles. The van der Waals surface area contributed by atoms with E-state index in [-0.39, 0.29) is 13.2 Å². The summed E-state index contributed by atoms with van der Waals surface area (Å²) in [5, 5.41) is 1.47. The van der Waals surface area contributed by atoms with Gasteiger partial charge in [0.15, 0.2) is 6.10 Å². The minimum Gasteiger partial charge on any atom is -0.465 e. The third-order valence-corrected chi connectivity index (χ3v) is 5.27. The van der Waals surface area contributed by atoms with Crippen LogP contribution in [0.5, 0.6) is 0 Å². The highest BCUT2D eigenvalue weighted by molar-refractivity contribution is 5.89. The van der Waals surface area contributed by atoms with E-state index < -0.39 is 42.1 Å². The van der Waals surface area contributed by atoms with Crippen molar-refractivity contribution < 1.29 is 33.4 Å². The highest BCUT2D eigenvalue weighted by Gasteiger charge is 2.60. The van der Waals surface area contributed by atoms with Crippen molar-refractivity contribution in [3.63, 3.8) is 0 Å². The molecule has 31 heavy (non-hydrogen) atoms. The SMILES string of the molecule is CCOC(=O)[C@H]1[C@H]2C(=O)O[C@H](COC(=O)c3ccccc3)[C@H]2ON1Cc1ccccc1. The van der Waals surface area contributed by atoms with Gasteiger partial charge in [0, 0.05) is 0 Å². The molecule has 162 valence electrons. The maximum absolute atomic E-state index is 12.7. The van der Waals surface area contributed by atoms with Crippen LogP contribution in [-0.2, 0) is 35.2 Å². The van der Waals surface area contributed by atoms with Crippen molar-refractivity contribution in [3.8, 4) is 0 Å². The molecule has 0 saturated carbocycles. The van der Waals surface area contributed by atoms with Gasteiger partial charge in [0.1, 0.15) is 24.7 Å². The first-order chi connectivity index (χ1) is 15.1. The summed E-state index contributed by atoms with van der Waals surface area (Å²) in [5.74, 6) is -2.51. The van der Waals surface area contributed by atoms with Gasteiger partial charge in [-0.1, -0.05) is 48.5 Å². The molecule has 2 saturated heterocycles. The first-order valence-electron chi connectivity index (χ1n) is 10.1. The minimum atomic E-state index is -0.938. The fourth-order valence-corrected chi connectivity index (χ4v) is 3.84. The average molecular weight is 425 g/mol. The Morgan fingerprint density at radius 1 is 1.00 bits per heavy atom. The van der Waals surface area contributed by atoms with Crippen LogP contribution in [0.1, 0.15) is 22.8 Å². The summed E-state index contributed by atoms with van der Waals surface area (Å²) in [6.45, 7) is 2.00. The number of rotatable bonds is 7. The molecule has 2 heterocycles. The number of cyclic esters (lactones) is 1. The summed E-state index contributed by atoms with van der Waals surface area (Å²) in [7, 11) is 0. The molecule has 2 aliphatic rings. The van der Waals surface area contributed by atoms with Gasteiger partial charge < -0.3 is 14.2 Å². The largest absolute Gasteiger partial charge is 0.465 e. The number of carbonyl (C=O) groups is 3. The highest BCUT2D eigenvalue weighted by Crippen LogP contribution is 2.38. The van der Waals surface area contributed by atoms with Gasteiger partial charge in [-0.25, -0.2) is 4.79 Å². The molecule has 0 aliphatic carbocycles. The Morgan fingerprint density at radius 3 is 2.35 bits per heavy atom. The second-order valence-corrected chi connectivity index (χ2v) is 7.29. The van der Waals surface area contributed by atoms with E-state index in [1.807, 2.05) is 30.3 Å². The zero-order valence-electron chi connectivity index (χ0n) is 17.0. The van der Waals surface area contributed by atoms with Crippen LogP contribution >= 0.6 is 0 Å². The zero-order chi connectivity index (χ0) is 21.8. The molecule has 2 aromatic rings. The number of carbonyl (C=O) groups excluding carboxylic acids is 3. The lowest BCUT2D eigenvalue weighted by Crippen LogP contribution is -2.42. The predicted octanol–water partition coefficient (Wildman–Crippen LogP) is 2.13. The molecule has 0 spiro atoms. The van der Waals surface area contributed by atoms with E-state index in [0.29, 0.717) is 12.1 Å². The Bertz CT molecular complexity index is 933. The smallest absolute Gasteiger partial charge is 0.338 e. The van der Waals surface area contributed by atoms with Crippen molar-refractivity contribution in [1.82, 2.24) is 5.06 Å². The lowest BCUT2D eigenvalue weighted by Gasteiger charge is -2.24. The summed E-state index contributed by atoms with van der Waals surface area (Å²) in [6, 6.07) is 17.0. The third kappa shape index (κ3) is 4.45. The highest BCUT2D eigenvalue weighted by atomic mass is 16.7. The molecular formula is C23H23NO7. The maximum atomic E-state index is 12.7. The maximum Gasteiger partial charge on any atom is 0.338 e. The monoisotopic (exact) mass is 425 g/mol. The van der Waals surface area contributed by atoms with Crippen molar-refractivity contribution in [2.75, 3.05) is 13.2 Å². The molecule has 0 N–H and O–H groups in total. The van der Waals surface area contributed by atoms with E-state index in [9.17, 15) is 14.4 Å². The van der Waals surface area contributed by atoms with Gasteiger partial charge in [-0.05, 0) is 24.6 Å². The van der Waals surface area contributed by atoms with Crippen LogP contribution < -0.4 is 0 Å². The van der Waals surface area contributed by atoms with E-state index in [0.717, 1.165) is 5.56 Å². The number of nitrogens with zero attached hydrogens (tertiary/aromatic N) is 1. The number of benzene rings is 2. The lowest BCUT2D eigenvalue weighted by molar-refractivity contribution is -0.204. The Kier molecular flexibility index (Phi) is 6.29. The fourth-order valence-electron chi connectivity index (χ4n) is 3.84. The quantitative estimate of drug-likeness (QED) is 0.492. The molecule has 0 bridgehead atoms. The van der Waals surface area contributed by atoms with E-state index >= 15 is 0 Å². The summed E-state index contributed by atoms with van der Waals surface area (Å²) >= 11 is 0. The first kappa shape index (κ1) is 21.0. The van der Waals surface area contributed by atoms with Crippen LogP contribution in [0.2, 0.25) is 0 Å². The summed E-state index contributed by atoms with van der Waals surface area (Å²) in [4.78, 5) is 43.5. The Morgan fingerprint density at radius 2 is 1.68 bits per heavy atom. The molecule has 0 radical (unpaired) electrons. The molecule has 4 atom stereocenters. The molecule has 0 amide bonds. The molecule has 8 nitrogen and oxygen atoms in total. The predicted molar refractivity (Wildman–Crippen MR) is 107 cm³/mol. The standard InChI is InChI=1S/C23H23NO7/c1-2-28-23(27)19-18-20(31-24(19)13-15-9-5-3-6-10-15)17(30-22(18)26)14-29-21(25)16-11-7-4-8-12-16/h3-12,17-20H,2,13-14H2,1H3/t17-,18-,19-,20-/m1/s1. The molecular weight excluding hydrogens is 402 g/mol. The van der Waals surface area contributed by atoms with Crippen molar-refractivity contribution in [2.24, 2.45) is 5.92 Å². The summed E-state index contributed by atoms with van der Waals surface area (Å²) < 4.78 is 15.9. The number of hydrogen-bond donors (Lipinski definition) is 0. The first-order valence-corrected chi connectivity index (χ1v) is 10.1. The van der Waals surface area contributed by atoms with Crippen molar-refractivity contribution in [1.29, 1.82) is 0 Å². The number of esters is 3. The number of hydroxylamine groups is 2. The van der Waals surface area contributed by atoms with Gasteiger partial charge in [-0.2, -0.15) is 5.06 Å². The minimum absolute atomic E-state index is 0.171. The van der Waals surface area contributed by atoms with E-state index in [1.165, 1.54) is 5.06 Å². The van der Waals surface area contributed by atoms with Gasteiger partial charge in [-0.3, -0.25) is 14.4 Å². The van der Waals surface area contributed by atoms with Crippen LogP contribution in [-0.4, -0.2) is 54.4 Å². The number of hydrogen-bond acceptors (Lipinski definition) is 8. The Hall–Kier alpha value is -3.23. The van der Waals surface area contributed by atoms with Crippen molar-refractivity contribution >= 4 is 17.9 Å². The third-order valence-electron chi connectivity index (χ3n) is 5.27. The molecule has 8 heteroatoms. The fraction of sp³-hybridized carbons (Fsp3) is 0.348. The van der Waals surface area contributed by atoms with Gasteiger partial charge in [0.05, 0.1) is 18.7 Å². The van der Waals surface area contributed by atoms with Crippen LogP contribution in [0.3, 0.4) is 0 Å². The van der Waals surface area contributed by atoms with Gasteiger partial charge in [0.25, 0.3) is 0 Å². The van der Waals surface area contributed by atoms with Crippen molar-refractivity contribution in [3.05, 3.63) is 71.8 Å². The second kappa shape index (κ2) is 9.28. The van der Waals surface area contributed by atoms with Crippen LogP contribution in [0.15, 0.2) is 60.7 Å². The van der Waals surface area contributed by atoms with Gasteiger partial charge in [0.2, 0.25) is 0 Å².